The molecule has 1 unspecified atom stereocenters. The Balaban J connectivity index is 2.36. The van der Waals surface area contributed by atoms with Crippen molar-refractivity contribution in [3.05, 3.63) is 54.4 Å². The van der Waals surface area contributed by atoms with E-state index in [2.05, 4.69) is 9.97 Å². The van der Waals surface area contributed by atoms with Gasteiger partial charge < -0.3 is 5.73 Å². The molecule has 3 rings (SSSR count). The Labute approximate surface area is 109 Å². The summed E-state index contributed by atoms with van der Waals surface area (Å²) in [4.78, 5) is 8.47. The molecule has 2 aromatic heterocycles. The standard InChI is InChI=1S/C14H13FN4/c1-9(16)14-18-12-3-2-10(15)8-13(12)19(14)11-4-6-17-7-5-11/h2-9H,16H2,1H3. The minimum atomic E-state index is -0.293. The summed E-state index contributed by atoms with van der Waals surface area (Å²) in [5.41, 5.74) is 8.27. The first-order valence-electron chi connectivity index (χ1n) is 6.00. The van der Waals surface area contributed by atoms with Crippen molar-refractivity contribution in [2.24, 2.45) is 5.73 Å². The normalized spacial score (nSPS) is 12.8. The average Bonchev–Trinajstić information content (AvgIpc) is 2.78. The Morgan fingerprint density at radius 3 is 2.63 bits per heavy atom. The number of benzene rings is 1. The van der Waals surface area contributed by atoms with E-state index >= 15 is 0 Å². The molecule has 0 spiro atoms. The van der Waals surface area contributed by atoms with Gasteiger partial charge in [-0.25, -0.2) is 9.37 Å². The predicted molar refractivity (Wildman–Crippen MR) is 71.4 cm³/mol. The van der Waals surface area contributed by atoms with Gasteiger partial charge in [0, 0.05) is 18.5 Å². The molecule has 3 aromatic rings. The van der Waals surface area contributed by atoms with Gasteiger partial charge in [-0.1, -0.05) is 0 Å². The number of hydrogen-bond donors (Lipinski definition) is 1. The fourth-order valence-electron chi connectivity index (χ4n) is 2.14. The molecular weight excluding hydrogens is 243 g/mol. The first kappa shape index (κ1) is 11.8. The van der Waals surface area contributed by atoms with Gasteiger partial charge in [0.2, 0.25) is 0 Å². The second kappa shape index (κ2) is 4.44. The van der Waals surface area contributed by atoms with Gasteiger partial charge >= 0.3 is 0 Å². The van der Waals surface area contributed by atoms with Gasteiger partial charge in [-0.15, -0.1) is 0 Å². The zero-order valence-corrected chi connectivity index (χ0v) is 10.4. The van der Waals surface area contributed by atoms with Gasteiger partial charge in [0.1, 0.15) is 11.6 Å². The second-order valence-corrected chi connectivity index (χ2v) is 4.43. The molecule has 0 aliphatic heterocycles. The van der Waals surface area contributed by atoms with Crippen molar-refractivity contribution >= 4 is 11.0 Å². The number of nitrogens with zero attached hydrogens (tertiary/aromatic N) is 3. The first-order valence-corrected chi connectivity index (χ1v) is 6.00. The van der Waals surface area contributed by atoms with E-state index in [0.717, 1.165) is 11.2 Å². The molecular formula is C14H13FN4. The SMILES string of the molecule is CC(N)c1nc2ccc(F)cc2n1-c1ccncc1. The molecule has 1 atom stereocenters. The van der Waals surface area contributed by atoms with Crippen molar-refractivity contribution in [2.75, 3.05) is 0 Å². The largest absolute Gasteiger partial charge is 0.322 e. The van der Waals surface area contributed by atoms with Gasteiger partial charge in [0.25, 0.3) is 0 Å². The molecule has 2 N–H and O–H groups in total. The van der Waals surface area contributed by atoms with Crippen LogP contribution < -0.4 is 5.73 Å². The summed E-state index contributed by atoms with van der Waals surface area (Å²) in [6.07, 6.45) is 3.37. The van der Waals surface area contributed by atoms with Crippen molar-refractivity contribution in [3.63, 3.8) is 0 Å². The molecule has 0 amide bonds. The number of nitrogens with two attached hydrogens (primary N) is 1. The van der Waals surface area contributed by atoms with Gasteiger partial charge in [0.15, 0.2) is 0 Å². The summed E-state index contributed by atoms with van der Waals surface area (Å²) in [6, 6.07) is 7.97. The predicted octanol–water partition coefficient (Wildman–Crippen LogP) is 2.58. The molecule has 2 heterocycles. The molecule has 19 heavy (non-hydrogen) atoms. The van der Waals surface area contributed by atoms with Crippen LogP contribution >= 0.6 is 0 Å². The number of fused-ring (bicyclic) bond motifs is 1. The van der Waals surface area contributed by atoms with E-state index in [9.17, 15) is 4.39 Å². The minimum absolute atomic E-state index is 0.247. The summed E-state index contributed by atoms with van der Waals surface area (Å²) < 4.78 is 15.3. The summed E-state index contributed by atoms with van der Waals surface area (Å²) in [5.74, 6) is 0.408. The van der Waals surface area contributed by atoms with Gasteiger partial charge in [-0.3, -0.25) is 9.55 Å². The van der Waals surface area contributed by atoms with E-state index < -0.39 is 0 Å². The van der Waals surface area contributed by atoms with Crippen LogP contribution in [0.4, 0.5) is 4.39 Å². The van der Waals surface area contributed by atoms with E-state index in [-0.39, 0.29) is 11.9 Å². The van der Waals surface area contributed by atoms with E-state index in [1.54, 1.807) is 18.5 Å². The molecule has 0 bridgehead atoms. The third-order valence-corrected chi connectivity index (χ3v) is 2.97. The van der Waals surface area contributed by atoms with Crippen LogP contribution in [0.1, 0.15) is 18.8 Å². The summed E-state index contributed by atoms with van der Waals surface area (Å²) in [7, 11) is 0. The highest BCUT2D eigenvalue weighted by molar-refractivity contribution is 5.78. The van der Waals surface area contributed by atoms with Crippen molar-refractivity contribution in [3.8, 4) is 5.69 Å². The molecule has 0 saturated heterocycles. The van der Waals surface area contributed by atoms with Crippen LogP contribution in [0.2, 0.25) is 0 Å². The van der Waals surface area contributed by atoms with Crippen LogP contribution in [0.25, 0.3) is 16.7 Å². The quantitative estimate of drug-likeness (QED) is 0.766. The number of aromatic nitrogens is 3. The Kier molecular flexibility index (Phi) is 2.76. The third kappa shape index (κ3) is 1.98. The van der Waals surface area contributed by atoms with Gasteiger partial charge in [-0.05, 0) is 31.2 Å². The van der Waals surface area contributed by atoms with Crippen LogP contribution in [0.15, 0.2) is 42.7 Å². The maximum atomic E-state index is 13.5. The van der Waals surface area contributed by atoms with E-state index in [4.69, 9.17) is 5.73 Å². The van der Waals surface area contributed by atoms with Crippen molar-refractivity contribution in [1.29, 1.82) is 0 Å². The van der Waals surface area contributed by atoms with E-state index in [1.165, 1.54) is 12.1 Å². The molecule has 96 valence electrons. The highest BCUT2D eigenvalue weighted by Crippen LogP contribution is 2.24. The highest BCUT2D eigenvalue weighted by Gasteiger charge is 2.15. The molecule has 0 saturated carbocycles. The lowest BCUT2D eigenvalue weighted by Gasteiger charge is -2.11. The topological polar surface area (TPSA) is 56.7 Å². The molecule has 5 heteroatoms. The third-order valence-electron chi connectivity index (χ3n) is 2.97. The van der Waals surface area contributed by atoms with Gasteiger partial charge in [0.05, 0.1) is 22.8 Å². The Bertz CT molecular complexity index is 719. The zero-order valence-electron chi connectivity index (χ0n) is 10.4. The van der Waals surface area contributed by atoms with E-state index in [0.29, 0.717) is 11.3 Å². The highest BCUT2D eigenvalue weighted by atomic mass is 19.1. The van der Waals surface area contributed by atoms with Crippen LogP contribution in [-0.4, -0.2) is 14.5 Å². The number of pyridine rings is 1. The maximum Gasteiger partial charge on any atom is 0.131 e. The summed E-state index contributed by atoms with van der Waals surface area (Å²) in [6.45, 7) is 1.86. The number of halogens is 1. The molecule has 0 aliphatic carbocycles. The van der Waals surface area contributed by atoms with Gasteiger partial charge in [-0.2, -0.15) is 0 Å². The monoisotopic (exact) mass is 256 g/mol. The zero-order chi connectivity index (χ0) is 13.4. The van der Waals surface area contributed by atoms with Crippen LogP contribution in [-0.2, 0) is 0 Å². The Morgan fingerprint density at radius 2 is 1.95 bits per heavy atom. The average molecular weight is 256 g/mol. The smallest absolute Gasteiger partial charge is 0.131 e. The van der Waals surface area contributed by atoms with E-state index in [1.807, 2.05) is 23.6 Å². The fraction of sp³-hybridized carbons (Fsp3) is 0.143. The summed E-state index contributed by atoms with van der Waals surface area (Å²) >= 11 is 0. The lowest BCUT2D eigenvalue weighted by Crippen LogP contribution is -2.12. The molecule has 0 radical (unpaired) electrons. The number of hydrogen-bond acceptors (Lipinski definition) is 3. The maximum absolute atomic E-state index is 13.5. The van der Waals surface area contributed by atoms with Crippen LogP contribution in [0, 0.1) is 5.82 Å². The fourth-order valence-corrected chi connectivity index (χ4v) is 2.14. The second-order valence-electron chi connectivity index (χ2n) is 4.43. The Morgan fingerprint density at radius 1 is 1.21 bits per heavy atom. The van der Waals surface area contributed by atoms with Crippen molar-refractivity contribution < 1.29 is 4.39 Å². The van der Waals surface area contributed by atoms with Crippen molar-refractivity contribution in [2.45, 2.75) is 13.0 Å². The van der Waals surface area contributed by atoms with Crippen LogP contribution in [0.3, 0.4) is 0 Å². The summed E-state index contributed by atoms with van der Waals surface area (Å²) in [5, 5.41) is 0. The lowest BCUT2D eigenvalue weighted by atomic mass is 10.3. The minimum Gasteiger partial charge on any atom is -0.322 e. The number of rotatable bonds is 2. The molecule has 1 aromatic carbocycles. The van der Waals surface area contributed by atoms with Crippen LogP contribution in [0.5, 0.6) is 0 Å². The first-order chi connectivity index (χ1) is 9.16. The molecule has 0 aliphatic rings. The van der Waals surface area contributed by atoms with Crippen molar-refractivity contribution in [1.82, 2.24) is 14.5 Å². The molecule has 0 fully saturated rings. The molecule has 4 nitrogen and oxygen atoms in total. The number of imidazole rings is 1. The lowest BCUT2D eigenvalue weighted by molar-refractivity contribution is 0.629. The Hall–Kier alpha value is -2.27.